The average Bonchev–Trinajstić information content (AvgIpc) is 2.26. The number of amides is 1. The van der Waals surface area contributed by atoms with Crippen molar-refractivity contribution in [3.05, 3.63) is 28.8 Å². The van der Waals surface area contributed by atoms with Gasteiger partial charge in [-0.05, 0) is 32.3 Å². The smallest absolute Gasteiger partial charge is 0.238 e. The molecule has 0 saturated heterocycles. The fraction of sp³-hybridized carbons (Fsp3) is 0.308. The molecule has 0 heterocycles. The highest BCUT2D eigenvalue weighted by atomic mass is 35.5. The minimum atomic E-state index is -0.228. The summed E-state index contributed by atoms with van der Waals surface area (Å²) >= 11 is 5.88. The van der Waals surface area contributed by atoms with Gasteiger partial charge in [-0.3, -0.25) is 4.79 Å². The van der Waals surface area contributed by atoms with Gasteiger partial charge in [0.1, 0.15) is 6.61 Å². The number of rotatable bonds is 3. The highest BCUT2D eigenvalue weighted by Gasteiger charge is 2.07. The lowest BCUT2D eigenvalue weighted by Crippen LogP contribution is -2.27. The number of aliphatic hydroxyl groups is 1. The van der Waals surface area contributed by atoms with Gasteiger partial charge in [0.2, 0.25) is 5.91 Å². The molecule has 1 rings (SSSR count). The van der Waals surface area contributed by atoms with E-state index in [4.69, 9.17) is 16.7 Å². The minimum absolute atomic E-state index is 0.144. The molecule has 0 radical (unpaired) electrons. The molecule has 18 heavy (non-hydrogen) atoms. The first-order chi connectivity index (χ1) is 8.52. The van der Waals surface area contributed by atoms with Gasteiger partial charge in [-0.25, -0.2) is 0 Å². The number of halogens is 1. The third-order valence-corrected chi connectivity index (χ3v) is 2.25. The van der Waals surface area contributed by atoms with Crippen molar-refractivity contribution in [3.63, 3.8) is 0 Å². The van der Waals surface area contributed by atoms with Crippen molar-refractivity contribution >= 4 is 23.2 Å². The Hall–Kier alpha value is -1.54. The molecule has 5 heteroatoms. The van der Waals surface area contributed by atoms with Crippen molar-refractivity contribution in [1.29, 1.82) is 0 Å². The number of anilines is 1. The molecular formula is C13H15ClN2O2. The number of nitrogens with zero attached hydrogens (tertiary/aromatic N) is 1. The van der Waals surface area contributed by atoms with Crippen LogP contribution in [0.2, 0.25) is 5.02 Å². The molecule has 0 aromatic heterocycles. The van der Waals surface area contributed by atoms with Crippen LogP contribution in [0.25, 0.3) is 0 Å². The van der Waals surface area contributed by atoms with E-state index < -0.39 is 0 Å². The first-order valence-corrected chi connectivity index (χ1v) is 5.74. The molecule has 4 nitrogen and oxygen atoms in total. The van der Waals surface area contributed by atoms with Gasteiger partial charge in [-0.1, -0.05) is 23.4 Å². The third-order valence-electron chi connectivity index (χ3n) is 2.02. The summed E-state index contributed by atoms with van der Waals surface area (Å²) in [6.45, 7) is 0.0487. The molecule has 0 aliphatic heterocycles. The van der Waals surface area contributed by atoms with Crippen molar-refractivity contribution in [2.24, 2.45) is 0 Å². The Morgan fingerprint density at radius 2 is 2.22 bits per heavy atom. The molecule has 0 aliphatic carbocycles. The molecule has 2 N–H and O–H groups in total. The third kappa shape index (κ3) is 4.76. The summed E-state index contributed by atoms with van der Waals surface area (Å²) in [6, 6.07) is 5.03. The van der Waals surface area contributed by atoms with E-state index in [0.29, 0.717) is 16.3 Å². The highest BCUT2D eigenvalue weighted by Crippen LogP contribution is 2.20. The SMILES string of the molecule is CN(C)CC(=O)Nc1cc(Cl)ccc1C#CCO. The number of hydrogen-bond acceptors (Lipinski definition) is 3. The maximum absolute atomic E-state index is 11.7. The summed E-state index contributed by atoms with van der Waals surface area (Å²) in [5, 5.41) is 11.9. The first-order valence-electron chi connectivity index (χ1n) is 5.37. The van der Waals surface area contributed by atoms with Gasteiger partial charge in [0.05, 0.1) is 12.2 Å². The predicted octanol–water partition coefficient (Wildman–Crippen LogP) is 1.18. The van der Waals surface area contributed by atoms with E-state index >= 15 is 0 Å². The second kappa shape index (κ2) is 7.02. The summed E-state index contributed by atoms with van der Waals surface area (Å²) in [7, 11) is 3.62. The molecule has 0 saturated carbocycles. The van der Waals surface area contributed by atoms with E-state index in [-0.39, 0.29) is 19.1 Å². The van der Waals surface area contributed by atoms with E-state index in [1.807, 2.05) is 14.1 Å². The minimum Gasteiger partial charge on any atom is -0.384 e. The number of nitrogens with one attached hydrogen (secondary N) is 1. The molecule has 0 aliphatic rings. The van der Waals surface area contributed by atoms with Crippen LogP contribution in [-0.4, -0.2) is 43.2 Å². The lowest BCUT2D eigenvalue weighted by Gasteiger charge is -2.11. The van der Waals surface area contributed by atoms with E-state index in [0.717, 1.165) is 0 Å². The van der Waals surface area contributed by atoms with Crippen LogP contribution in [0, 0.1) is 11.8 Å². The predicted molar refractivity (Wildman–Crippen MR) is 72.6 cm³/mol. The van der Waals surface area contributed by atoms with Crippen molar-refractivity contribution < 1.29 is 9.90 Å². The Kier molecular flexibility index (Phi) is 5.66. The maximum Gasteiger partial charge on any atom is 0.238 e. The Morgan fingerprint density at radius 3 is 2.83 bits per heavy atom. The lowest BCUT2D eigenvalue weighted by atomic mass is 10.2. The van der Waals surface area contributed by atoms with Gasteiger partial charge in [-0.15, -0.1) is 0 Å². The van der Waals surface area contributed by atoms with E-state index in [1.54, 1.807) is 23.1 Å². The number of carbonyl (C=O) groups excluding carboxylic acids is 1. The molecule has 1 aromatic rings. The Morgan fingerprint density at radius 1 is 1.50 bits per heavy atom. The largest absolute Gasteiger partial charge is 0.384 e. The Bertz CT molecular complexity index is 489. The number of likely N-dealkylation sites (N-methyl/N-ethyl adjacent to an activating group) is 1. The van der Waals surface area contributed by atoms with Crippen molar-refractivity contribution in [2.75, 3.05) is 32.6 Å². The summed E-state index contributed by atoms with van der Waals surface area (Å²) in [5.41, 5.74) is 1.18. The van der Waals surface area contributed by atoms with Crippen LogP contribution in [0.3, 0.4) is 0 Å². The van der Waals surface area contributed by atoms with Crippen LogP contribution in [0.1, 0.15) is 5.56 Å². The fourth-order valence-electron chi connectivity index (χ4n) is 1.34. The molecule has 0 fully saturated rings. The molecule has 96 valence electrons. The number of hydrogen-bond donors (Lipinski definition) is 2. The van der Waals surface area contributed by atoms with E-state index in [9.17, 15) is 4.79 Å². The van der Waals surface area contributed by atoms with Crippen LogP contribution in [0.5, 0.6) is 0 Å². The monoisotopic (exact) mass is 266 g/mol. The van der Waals surface area contributed by atoms with Crippen LogP contribution in [0.15, 0.2) is 18.2 Å². The van der Waals surface area contributed by atoms with Crippen LogP contribution < -0.4 is 5.32 Å². The second-order valence-electron chi connectivity index (χ2n) is 3.94. The van der Waals surface area contributed by atoms with Gasteiger partial charge in [0.25, 0.3) is 0 Å². The Labute approximate surface area is 112 Å². The fourth-order valence-corrected chi connectivity index (χ4v) is 1.51. The zero-order chi connectivity index (χ0) is 13.5. The lowest BCUT2D eigenvalue weighted by molar-refractivity contribution is -0.116. The van der Waals surface area contributed by atoms with Gasteiger partial charge in [0.15, 0.2) is 0 Å². The van der Waals surface area contributed by atoms with Gasteiger partial charge in [0, 0.05) is 10.6 Å². The van der Waals surface area contributed by atoms with Crippen LogP contribution in [-0.2, 0) is 4.79 Å². The molecule has 0 spiro atoms. The molecule has 0 bridgehead atoms. The van der Waals surface area contributed by atoms with Gasteiger partial charge in [-0.2, -0.15) is 0 Å². The maximum atomic E-state index is 11.7. The normalized spacial score (nSPS) is 9.83. The average molecular weight is 267 g/mol. The van der Waals surface area contributed by atoms with Crippen molar-refractivity contribution in [1.82, 2.24) is 4.90 Å². The van der Waals surface area contributed by atoms with Crippen LogP contribution in [0.4, 0.5) is 5.69 Å². The molecule has 1 amide bonds. The number of aliphatic hydroxyl groups excluding tert-OH is 1. The standard InChI is InChI=1S/C13H15ClN2O2/c1-16(2)9-13(18)15-12-8-11(14)6-5-10(12)4-3-7-17/h5-6,8,17H,7,9H2,1-2H3,(H,15,18). The van der Waals surface area contributed by atoms with Gasteiger partial charge >= 0.3 is 0 Å². The molecular weight excluding hydrogens is 252 g/mol. The van der Waals surface area contributed by atoms with Crippen molar-refractivity contribution in [2.45, 2.75) is 0 Å². The van der Waals surface area contributed by atoms with Gasteiger partial charge < -0.3 is 15.3 Å². The molecule has 0 unspecified atom stereocenters. The topological polar surface area (TPSA) is 52.6 Å². The molecule has 0 atom stereocenters. The Balaban J connectivity index is 2.92. The zero-order valence-corrected chi connectivity index (χ0v) is 11.1. The van der Waals surface area contributed by atoms with E-state index in [1.165, 1.54) is 0 Å². The quantitative estimate of drug-likeness (QED) is 0.808. The summed E-state index contributed by atoms with van der Waals surface area (Å²) in [6.07, 6.45) is 0. The van der Waals surface area contributed by atoms with Crippen molar-refractivity contribution in [3.8, 4) is 11.8 Å². The summed E-state index contributed by atoms with van der Waals surface area (Å²) in [4.78, 5) is 13.4. The zero-order valence-electron chi connectivity index (χ0n) is 10.3. The summed E-state index contributed by atoms with van der Waals surface area (Å²) in [5.74, 6) is 5.16. The second-order valence-corrected chi connectivity index (χ2v) is 4.37. The number of benzene rings is 1. The molecule has 1 aromatic carbocycles. The number of carbonyl (C=O) groups is 1. The van der Waals surface area contributed by atoms with E-state index in [2.05, 4.69) is 17.2 Å². The summed E-state index contributed by atoms with van der Waals surface area (Å²) < 4.78 is 0. The first kappa shape index (κ1) is 14.5. The highest BCUT2D eigenvalue weighted by molar-refractivity contribution is 6.31. The van der Waals surface area contributed by atoms with Crippen LogP contribution >= 0.6 is 11.6 Å².